The Morgan fingerprint density at radius 1 is 1.00 bits per heavy atom. The summed E-state index contributed by atoms with van der Waals surface area (Å²) in [7, 11) is 3.45. The fourth-order valence-electron chi connectivity index (χ4n) is 2.94. The predicted octanol–water partition coefficient (Wildman–Crippen LogP) is 4.06. The second-order valence-electron chi connectivity index (χ2n) is 4.90. The highest BCUT2D eigenvalue weighted by molar-refractivity contribution is 5.48. The van der Waals surface area contributed by atoms with E-state index in [0.717, 1.165) is 11.5 Å². The van der Waals surface area contributed by atoms with Crippen LogP contribution in [0.3, 0.4) is 0 Å². The van der Waals surface area contributed by atoms with Crippen molar-refractivity contribution in [1.82, 2.24) is 0 Å². The molecule has 1 aromatic carbocycles. The SMILES string of the molecule is COc1cc(C)c(C2CCCCC2)c(OC)c1. The molecule has 0 radical (unpaired) electrons. The Labute approximate surface area is 104 Å². The summed E-state index contributed by atoms with van der Waals surface area (Å²) in [5, 5.41) is 0. The maximum Gasteiger partial charge on any atom is 0.126 e. The largest absolute Gasteiger partial charge is 0.497 e. The van der Waals surface area contributed by atoms with Gasteiger partial charge >= 0.3 is 0 Å². The molecule has 94 valence electrons. The molecule has 1 saturated carbocycles. The Balaban J connectivity index is 2.36. The second-order valence-corrected chi connectivity index (χ2v) is 4.90. The first kappa shape index (κ1) is 12.3. The van der Waals surface area contributed by atoms with Crippen LogP contribution in [0.4, 0.5) is 0 Å². The van der Waals surface area contributed by atoms with Gasteiger partial charge in [0.2, 0.25) is 0 Å². The number of methoxy groups -OCH3 is 2. The molecular weight excluding hydrogens is 212 g/mol. The van der Waals surface area contributed by atoms with Gasteiger partial charge in [-0.2, -0.15) is 0 Å². The zero-order valence-corrected chi connectivity index (χ0v) is 11.1. The minimum atomic E-state index is 0.671. The molecule has 0 unspecified atom stereocenters. The van der Waals surface area contributed by atoms with Gasteiger partial charge in [0, 0.05) is 11.6 Å². The molecule has 1 aromatic rings. The Hall–Kier alpha value is -1.18. The maximum absolute atomic E-state index is 5.54. The van der Waals surface area contributed by atoms with E-state index in [2.05, 4.69) is 13.0 Å². The molecule has 0 aromatic heterocycles. The average Bonchev–Trinajstić information content (AvgIpc) is 2.38. The van der Waals surface area contributed by atoms with Gasteiger partial charge in [0.05, 0.1) is 14.2 Å². The van der Waals surface area contributed by atoms with E-state index in [1.54, 1.807) is 14.2 Å². The van der Waals surface area contributed by atoms with E-state index in [1.165, 1.54) is 43.2 Å². The Bertz CT molecular complexity index is 379. The van der Waals surface area contributed by atoms with Crippen molar-refractivity contribution in [3.05, 3.63) is 23.3 Å². The van der Waals surface area contributed by atoms with Crippen LogP contribution in [0.25, 0.3) is 0 Å². The predicted molar refractivity (Wildman–Crippen MR) is 70.1 cm³/mol. The van der Waals surface area contributed by atoms with Gasteiger partial charge in [-0.1, -0.05) is 19.3 Å². The van der Waals surface area contributed by atoms with E-state index in [9.17, 15) is 0 Å². The summed E-state index contributed by atoms with van der Waals surface area (Å²) in [6, 6.07) is 4.13. The summed E-state index contributed by atoms with van der Waals surface area (Å²) in [5.41, 5.74) is 2.70. The molecule has 2 rings (SSSR count). The first-order chi connectivity index (χ1) is 8.26. The third kappa shape index (κ3) is 2.56. The molecule has 2 heteroatoms. The van der Waals surface area contributed by atoms with Crippen molar-refractivity contribution in [3.8, 4) is 11.5 Å². The molecule has 0 heterocycles. The molecule has 0 aliphatic heterocycles. The van der Waals surface area contributed by atoms with Crippen LogP contribution in [-0.4, -0.2) is 14.2 Å². The highest BCUT2D eigenvalue weighted by atomic mass is 16.5. The van der Waals surface area contributed by atoms with Crippen molar-refractivity contribution in [2.24, 2.45) is 0 Å². The van der Waals surface area contributed by atoms with Gasteiger partial charge in [0.1, 0.15) is 11.5 Å². The van der Waals surface area contributed by atoms with Crippen LogP contribution in [0, 0.1) is 6.92 Å². The van der Waals surface area contributed by atoms with Gasteiger partial charge in [-0.25, -0.2) is 0 Å². The number of hydrogen-bond acceptors (Lipinski definition) is 2. The fraction of sp³-hybridized carbons (Fsp3) is 0.600. The van der Waals surface area contributed by atoms with E-state index in [-0.39, 0.29) is 0 Å². The van der Waals surface area contributed by atoms with Gasteiger partial charge in [-0.15, -0.1) is 0 Å². The van der Waals surface area contributed by atoms with Crippen molar-refractivity contribution in [1.29, 1.82) is 0 Å². The van der Waals surface area contributed by atoms with Gasteiger partial charge in [0.15, 0.2) is 0 Å². The Morgan fingerprint density at radius 2 is 1.71 bits per heavy atom. The monoisotopic (exact) mass is 234 g/mol. The number of ether oxygens (including phenoxy) is 2. The lowest BCUT2D eigenvalue weighted by atomic mass is 9.82. The summed E-state index contributed by atoms with van der Waals surface area (Å²) in [6.07, 6.45) is 6.67. The van der Waals surface area contributed by atoms with Crippen molar-refractivity contribution < 1.29 is 9.47 Å². The van der Waals surface area contributed by atoms with E-state index in [1.807, 2.05) is 6.07 Å². The molecule has 1 aliphatic rings. The highest BCUT2D eigenvalue weighted by Gasteiger charge is 2.21. The van der Waals surface area contributed by atoms with E-state index >= 15 is 0 Å². The van der Waals surface area contributed by atoms with Crippen LogP contribution in [0.2, 0.25) is 0 Å². The molecule has 1 aliphatic carbocycles. The van der Waals surface area contributed by atoms with Crippen LogP contribution in [0.5, 0.6) is 11.5 Å². The molecule has 0 atom stereocenters. The smallest absolute Gasteiger partial charge is 0.126 e. The second kappa shape index (κ2) is 5.44. The molecule has 1 fully saturated rings. The lowest BCUT2D eigenvalue weighted by Crippen LogP contribution is -2.08. The zero-order valence-electron chi connectivity index (χ0n) is 11.1. The van der Waals surface area contributed by atoms with Crippen LogP contribution < -0.4 is 9.47 Å². The third-order valence-electron chi connectivity index (χ3n) is 3.79. The maximum atomic E-state index is 5.54. The van der Waals surface area contributed by atoms with Gasteiger partial charge < -0.3 is 9.47 Å². The normalized spacial score (nSPS) is 16.9. The summed E-state index contributed by atoms with van der Waals surface area (Å²) in [4.78, 5) is 0. The third-order valence-corrected chi connectivity index (χ3v) is 3.79. The van der Waals surface area contributed by atoms with Crippen molar-refractivity contribution >= 4 is 0 Å². The summed E-state index contributed by atoms with van der Waals surface area (Å²) >= 11 is 0. The van der Waals surface area contributed by atoms with Crippen LogP contribution in [0.1, 0.15) is 49.1 Å². The summed E-state index contributed by atoms with van der Waals surface area (Å²) in [5.74, 6) is 2.55. The first-order valence-electron chi connectivity index (χ1n) is 6.48. The number of hydrogen-bond donors (Lipinski definition) is 0. The number of rotatable bonds is 3. The molecular formula is C15H22O2. The molecule has 0 saturated heterocycles. The molecule has 0 amide bonds. The van der Waals surface area contributed by atoms with Crippen LogP contribution in [0.15, 0.2) is 12.1 Å². The number of benzene rings is 1. The highest BCUT2D eigenvalue weighted by Crippen LogP contribution is 2.41. The topological polar surface area (TPSA) is 18.5 Å². The Kier molecular flexibility index (Phi) is 3.93. The molecule has 0 spiro atoms. The quantitative estimate of drug-likeness (QED) is 0.785. The van der Waals surface area contributed by atoms with Crippen molar-refractivity contribution in [3.63, 3.8) is 0 Å². The average molecular weight is 234 g/mol. The fourth-order valence-corrected chi connectivity index (χ4v) is 2.94. The van der Waals surface area contributed by atoms with Gasteiger partial charge in [-0.05, 0) is 37.3 Å². The standard InChI is InChI=1S/C15H22O2/c1-11-9-13(16-2)10-14(17-3)15(11)12-7-5-4-6-8-12/h9-10,12H,4-8H2,1-3H3. The summed E-state index contributed by atoms with van der Waals surface area (Å²) < 4.78 is 10.8. The minimum absolute atomic E-state index is 0.671. The lowest BCUT2D eigenvalue weighted by Gasteiger charge is -2.25. The molecule has 17 heavy (non-hydrogen) atoms. The van der Waals surface area contributed by atoms with Crippen molar-refractivity contribution in [2.45, 2.75) is 44.9 Å². The zero-order chi connectivity index (χ0) is 12.3. The van der Waals surface area contributed by atoms with Crippen LogP contribution >= 0.6 is 0 Å². The Morgan fingerprint density at radius 3 is 2.29 bits per heavy atom. The lowest BCUT2D eigenvalue weighted by molar-refractivity contribution is 0.375. The molecule has 2 nitrogen and oxygen atoms in total. The van der Waals surface area contributed by atoms with Gasteiger partial charge in [0.25, 0.3) is 0 Å². The first-order valence-corrected chi connectivity index (χ1v) is 6.48. The van der Waals surface area contributed by atoms with E-state index in [4.69, 9.17) is 9.47 Å². The molecule has 0 N–H and O–H groups in total. The van der Waals surface area contributed by atoms with Crippen molar-refractivity contribution in [2.75, 3.05) is 14.2 Å². The van der Waals surface area contributed by atoms with E-state index in [0.29, 0.717) is 5.92 Å². The van der Waals surface area contributed by atoms with E-state index < -0.39 is 0 Å². The number of aryl methyl sites for hydroxylation is 1. The van der Waals surface area contributed by atoms with Gasteiger partial charge in [-0.3, -0.25) is 0 Å². The minimum Gasteiger partial charge on any atom is -0.497 e. The van der Waals surface area contributed by atoms with Crippen LogP contribution in [-0.2, 0) is 0 Å². The summed E-state index contributed by atoms with van der Waals surface area (Å²) in [6.45, 7) is 2.16. The molecule has 0 bridgehead atoms.